The van der Waals surface area contributed by atoms with E-state index >= 15 is 14.4 Å². The van der Waals surface area contributed by atoms with Crippen molar-refractivity contribution in [1.29, 1.82) is 0 Å². The first kappa shape index (κ1) is 30.1. The fourth-order valence-electron chi connectivity index (χ4n) is 8.64. The normalized spacial score (nSPS) is 24.4. The molecule has 0 radical (unpaired) electrons. The molecule has 236 valence electrons. The number of aryl methyl sites for hydroxylation is 2. The van der Waals surface area contributed by atoms with Gasteiger partial charge in [0.05, 0.1) is 35.5 Å². The number of allylic oxidation sites excluding steroid dienone is 2. The lowest BCUT2D eigenvalue weighted by Gasteiger charge is -2.39. The molecule has 0 aromatic heterocycles. The highest BCUT2D eigenvalue weighted by molar-refractivity contribution is 6.39. The summed E-state index contributed by atoms with van der Waals surface area (Å²) in [6.07, 6.45) is 0. The predicted molar refractivity (Wildman–Crippen MR) is 188 cm³/mol. The molecule has 1 saturated carbocycles. The van der Waals surface area contributed by atoms with E-state index in [2.05, 4.69) is 0 Å². The summed E-state index contributed by atoms with van der Waals surface area (Å²) in [7, 11) is 1.50. The number of halogens is 1. The molecular weight excluding hydrogens is 618 g/mol. The number of fused-ring (bicyclic) bond motifs is 5. The Balaban J connectivity index is 1.55. The molecule has 48 heavy (non-hydrogen) atoms. The van der Waals surface area contributed by atoms with Gasteiger partial charge in [-0.05, 0) is 65.4 Å². The second kappa shape index (κ2) is 10.9. The Hall–Kier alpha value is -5.26. The molecule has 2 bridgehead atoms. The number of hydrogen-bond acceptors (Lipinski definition) is 4. The molecule has 2 fully saturated rings. The molecule has 5 aromatic carbocycles. The molecule has 1 aliphatic heterocycles. The molecule has 5 aromatic rings. The van der Waals surface area contributed by atoms with Crippen molar-refractivity contribution in [2.24, 2.45) is 11.8 Å². The first-order valence-corrected chi connectivity index (χ1v) is 16.4. The summed E-state index contributed by atoms with van der Waals surface area (Å²) in [5.74, 6) is -2.79. The maximum atomic E-state index is 16.0. The number of ether oxygens (including phenoxy) is 1. The Morgan fingerprint density at radius 2 is 1.04 bits per heavy atom. The van der Waals surface area contributed by atoms with Gasteiger partial charge in [-0.1, -0.05) is 132 Å². The summed E-state index contributed by atoms with van der Waals surface area (Å²) in [6.45, 7) is 4.05. The third-order valence-corrected chi connectivity index (χ3v) is 10.7. The average molecular weight is 650 g/mol. The van der Waals surface area contributed by atoms with Crippen LogP contribution in [0.25, 0.3) is 11.1 Å². The van der Waals surface area contributed by atoms with Gasteiger partial charge < -0.3 is 4.74 Å². The number of ketones is 1. The van der Waals surface area contributed by atoms with Gasteiger partial charge in [-0.25, -0.2) is 4.90 Å². The molecule has 2 aliphatic carbocycles. The van der Waals surface area contributed by atoms with Gasteiger partial charge >= 0.3 is 0 Å². The van der Waals surface area contributed by atoms with E-state index in [9.17, 15) is 0 Å². The van der Waals surface area contributed by atoms with E-state index in [-0.39, 0.29) is 11.5 Å². The van der Waals surface area contributed by atoms with E-state index in [1.165, 1.54) is 12.0 Å². The fourth-order valence-corrected chi connectivity index (χ4v) is 8.81. The summed E-state index contributed by atoms with van der Waals surface area (Å²) in [6, 6.07) is 40.2. The summed E-state index contributed by atoms with van der Waals surface area (Å²) >= 11 is 6.47. The molecule has 3 aliphatic rings. The van der Waals surface area contributed by atoms with Crippen LogP contribution in [0.15, 0.2) is 127 Å². The molecule has 6 heteroatoms. The molecule has 5 nitrogen and oxygen atoms in total. The van der Waals surface area contributed by atoms with Gasteiger partial charge in [0.25, 0.3) is 0 Å². The lowest BCUT2D eigenvalue weighted by Crippen LogP contribution is -2.45. The number of methoxy groups -OCH3 is 1. The van der Waals surface area contributed by atoms with Crippen LogP contribution in [-0.2, 0) is 25.2 Å². The number of carbonyl (C=O) groups is 3. The van der Waals surface area contributed by atoms with Crippen molar-refractivity contribution in [2.75, 3.05) is 12.0 Å². The van der Waals surface area contributed by atoms with Gasteiger partial charge in [0.1, 0.15) is 5.75 Å². The number of carbonyl (C=O) groups excluding carboxylic acids is 3. The summed E-state index contributed by atoms with van der Waals surface area (Å²) < 4.78 is 5.66. The van der Waals surface area contributed by atoms with E-state index in [1.807, 2.05) is 123 Å². The first-order chi connectivity index (χ1) is 23.3. The van der Waals surface area contributed by atoms with E-state index in [4.69, 9.17) is 16.3 Å². The third kappa shape index (κ3) is 3.82. The molecular formula is C42H32ClNO4. The monoisotopic (exact) mass is 649 g/mol. The average Bonchev–Trinajstić information content (AvgIpc) is 3.61. The summed E-state index contributed by atoms with van der Waals surface area (Å²) in [5.41, 5.74) is 4.00. The fraction of sp³-hybridized carbons (Fsp3) is 0.167. The van der Waals surface area contributed by atoms with Crippen LogP contribution in [0, 0.1) is 25.7 Å². The minimum absolute atomic E-state index is 0.159. The van der Waals surface area contributed by atoms with Crippen LogP contribution in [0.2, 0.25) is 5.02 Å². The van der Waals surface area contributed by atoms with Crippen LogP contribution in [-0.4, -0.2) is 24.7 Å². The highest BCUT2D eigenvalue weighted by Crippen LogP contribution is 2.74. The van der Waals surface area contributed by atoms with Crippen molar-refractivity contribution in [1.82, 2.24) is 0 Å². The second-order valence-electron chi connectivity index (χ2n) is 12.9. The minimum Gasteiger partial charge on any atom is -0.495 e. The van der Waals surface area contributed by atoms with Gasteiger partial charge in [-0.2, -0.15) is 0 Å². The van der Waals surface area contributed by atoms with Crippen molar-refractivity contribution >= 4 is 46.0 Å². The van der Waals surface area contributed by atoms with Gasteiger partial charge in [0.15, 0.2) is 5.78 Å². The number of rotatable bonds is 6. The highest BCUT2D eigenvalue weighted by atomic mass is 35.5. The van der Waals surface area contributed by atoms with Crippen LogP contribution in [0.3, 0.4) is 0 Å². The third-order valence-electron chi connectivity index (χ3n) is 10.5. The Labute approximate surface area is 284 Å². The van der Waals surface area contributed by atoms with E-state index in [0.29, 0.717) is 21.9 Å². The molecule has 8 rings (SSSR count). The maximum Gasteiger partial charge on any atom is 0.239 e. The lowest BCUT2D eigenvalue weighted by atomic mass is 9.59. The second-order valence-corrected chi connectivity index (χ2v) is 13.4. The Morgan fingerprint density at radius 3 is 1.46 bits per heavy atom. The SMILES string of the molecule is COc1ccc(Cl)cc1N1C(=O)[C@@H]2[C@@H](C1=O)[C@@]1(c3ccccc3)C(=O)[C@@]2(c2ccccc2)C(c2ccc(C)cc2)=C1c1ccc(C)cc1. The minimum atomic E-state index is -1.48. The summed E-state index contributed by atoms with van der Waals surface area (Å²) in [4.78, 5) is 47.7. The van der Waals surface area contributed by atoms with Crippen LogP contribution >= 0.6 is 11.6 Å². The highest BCUT2D eigenvalue weighted by Gasteiger charge is 2.82. The number of amides is 2. The molecule has 0 spiro atoms. The summed E-state index contributed by atoms with van der Waals surface area (Å²) in [5, 5.41) is 0.358. The molecule has 2 amide bonds. The quantitative estimate of drug-likeness (QED) is 0.174. The Bertz CT molecular complexity index is 2030. The van der Waals surface area contributed by atoms with Crippen molar-refractivity contribution in [3.05, 3.63) is 166 Å². The van der Waals surface area contributed by atoms with Crippen molar-refractivity contribution < 1.29 is 19.1 Å². The van der Waals surface area contributed by atoms with Crippen molar-refractivity contribution in [2.45, 2.75) is 24.7 Å². The maximum absolute atomic E-state index is 16.0. The smallest absolute Gasteiger partial charge is 0.239 e. The molecule has 1 saturated heterocycles. The van der Waals surface area contributed by atoms with Gasteiger partial charge in [0, 0.05) is 5.02 Å². The molecule has 1 heterocycles. The lowest BCUT2D eigenvalue weighted by molar-refractivity contribution is -0.130. The number of Topliss-reactive ketones (excluding diaryl/α,β-unsaturated/α-hetero) is 1. The van der Waals surface area contributed by atoms with Gasteiger partial charge in [0.2, 0.25) is 11.8 Å². The van der Waals surface area contributed by atoms with Crippen molar-refractivity contribution in [3.8, 4) is 5.75 Å². The Kier molecular flexibility index (Phi) is 6.83. The van der Waals surface area contributed by atoms with Crippen LogP contribution in [0.5, 0.6) is 5.75 Å². The zero-order chi connectivity index (χ0) is 33.4. The standard InChI is InChI=1S/C42H32ClNO4/c1-25-14-18-27(19-15-25)34-35(28-20-16-26(2)17-21-28)42(30-12-8-5-9-13-30)37-36(41(34,40(42)47)29-10-6-4-7-11-29)38(45)44(39(37)46)32-24-31(43)22-23-33(32)48-3/h4-24,36-37H,1-3H3/t36-,37-,41-,42-/m0/s1. The predicted octanol–water partition coefficient (Wildman–Crippen LogP) is 8.15. The molecule has 0 N–H and O–H groups in total. The molecule has 4 atom stereocenters. The topological polar surface area (TPSA) is 63.7 Å². The number of nitrogens with zero attached hydrogens (tertiary/aromatic N) is 1. The number of benzene rings is 5. The van der Waals surface area contributed by atoms with Crippen LogP contribution in [0.1, 0.15) is 33.4 Å². The number of anilines is 1. The Morgan fingerprint density at radius 1 is 0.604 bits per heavy atom. The van der Waals surface area contributed by atoms with Gasteiger partial charge in [-0.15, -0.1) is 0 Å². The molecule has 0 unspecified atom stereocenters. The van der Waals surface area contributed by atoms with Crippen LogP contribution in [0.4, 0.5) is 5.69 Å². The number of imide groups is 1. The zero-order valence-electron chi connectivity index (χ0n) is 26.7. The number of hydrogen-bond donors (Lipinski definition) is 0. The van der Waals surface area contributed by atoms with E-state index < -0.39 is 34.5 Å². The first-order valence-electron chi connectivity index (χ1n) is 16.0. The van der Waals surface area contributed by atoms with Crippen LogP contribution < -0.4 is 9.64 Å². The zero-order valence-corrected chi connectivity index (χ0v) is 27.5. The largest absolute Gasteiger partial charge is 0.495 e. The van der Waals surface area contributed by atoms with E-state index in [0.717, 1.165) is 33.4 Å². The van der Waals surface area contributed by atoms with E-state index in [1.54, 1.807) is 18.2 Å². The van der Waals surface area contributed by atoms with Crippen molar-refractivity contribution in [3.63, 3.8) is 0 Å². The van der Waals surface area contributed by atoms with Gasteiger partial charge in [-0.3, -0.25) is 14.4 Å².